The topological polar surface area (TPSA) is 33.1 Å². The molecule has 2 heterocycles. The number of nitrogens with zero attached hydrogens (tertiary/aromatic N) is 1. The third-order valence-corrected chi connectivity index (χ3v) is 4.85. The molecule has 0 amide bonds. The zero-order valence-corrected chi connectivity index (χ0v) is 10.8. The molecule has 2 rings (SSSR count). The van der Waals surface area contributed by atoms with Gasteiger partial charge < -0.3 is 5.11 Å². The van der Waals surface area contributed by atoms with Crippen molar-refractivity contribution in [2.45, 2.75) is 32.3 Å². The number of hydrogen-bond acceptors (Lipinski definition) is 3. The average molecular weight is 237 g/mol. The number of pyridine rings is 1. The molecular formula is C13H19NOS. The zero-order chi connectivity index (χ0) is 11.6. The number of hydrogen-bond donors (Lipinski definition) is 1. The van der Waals surface area contributed by atoms with Gasteiger partial charge in [-0.2, -0.15) is 11.8 Å². The van der Waals surface area contributed by atoms with Crippen LogP contribution in [0.15, 0.2) is 24.4 Å². The van der Waals surface area contributed by atoms with Gasteiger partial charge in [0.25, 0.3) is 0 Å². The predicted octanol–water partition coefficient (Wildman–Crippen LogP) is 2.52. The number of rotatable bonds is 2. The van der Waals surface area contributed by atoms with Crippen LogP contribution in [0.4, 0.5) is 0 Å². The van der Waals surface area contributed by atoms with Crippen LogP contribution in [-0.2, 0) is 6.42 Å². The summed E-state index contributed by atoms with van der Waals surface area (Å²) in [4.78, 5) is 4.31. The summed E-state index contributed by atoms with van der Waals surface area (Å²) in [6.07, 6.45) is 3.52. The highest BCUT2D eigenvalue weighted by Crippen LogP contribution is 2.43. The van der Waals surface area contributed by atoms with E-state index in [1.165, 1.54) is 0 Å². The Hall–Kier alpha value is -0.540. The molecule has 3 heteroatoms. The minimum Gasteiger partial charge on any atom is -0.388 e. The van der Waals surface area contributed by atoms with Crippen LogP contribution in [0.3, 0.4) is 0 Å². The first-order valence-electron chi connectivity index (χ1n) is 5.74. The second kappa shape index (κ2) is 4.38. The van der Waals surface area contributed by atoms with Crippen LogP contribution in [0.25, 0.3) is 0 Å². The van der Waals surface area contributed by atoms with Gasteiger partial charge in [0.2, 0.25) is 0 Å². The normalized spacial score (nSPS) is 28.9. The van der Waals surface area contributed by atoms with Crippen LogP contribution >= 0.6 is 11.8 Å². The van der Waals surface area contributed by atoms with E-state index in [0.717, 1.165) is 23.6 Å². The van der Waals surface area contributed by atoms with Gasteiger partial charge in [-0.05, 0) is 29.7 Å². The lowest BCUT2D eigenvalue weighted by Crippen LogP contribution is -2.51. The number of thioether (sulfide) groups is 1. The Morgan fingerprint density at radius 1 is 1.44 bits per heavy atom. The van der Waals surface area contributed by atoms with Crippen molar-refractivity contribution in [2.24, 2.45) is 5.41 Å². The van der Waals surface area contributed by atoms with Gasteiger partial charge in [0.15, 0.2) is 0 Å². The monoisotopic (exact) mass is 237 g/mol. The van der Waals surface area contributed by atoms with Crippen LogP contribution in [0.2, 0.25) is 0 Å². The Morgan fingerprint density at radius 3 is 2.88 bits per heavy atom. The molecule has 16 heavy (non-hydrogen) atoms. The largest absolute Gasteiger partial charge is 0.388 e. The molecule has 0 spiro atoms. The minimum absolute atomic E-state index is 0.0181. The second-order valence-corrected chi connectivity index (χ2v) is 6.32. The van der Waals surface area contributed by atoms with Crippen molar-refractivity contribution in [2.75, 3.05) is 11.5 Å². The fourth-order valence-corrected chi connectivity index (χ4v) is 3.72. The van der Waals surface area contributed by atoms with Gasteiger partial charge >= 0.3 is 0 Å². The standard InChI is InChI=1S/C13H19NOS/c1-12(2)6-8-16-10-13(12,15)9-11-5-3-4-7-14-11/h3-5,7,15H,6,8-10H2,1-2H3. The minimum atomic E-state index is -0.621. The van der Waals surface area contributed by atoms with Crippen molar-refractivity contribution in [3.05, 3.63) is 30.1 Å². The van der Waals surface area contributed by atoms with E-state index in [9.17, 15) is 5.11 Å². The highest BCUT2D eigenvalue weighted by molar-refractivity contribution is 7.99. The van der Waals surface area contributed by atoms with Crippen LogP contribution in [0, 0.1) is 5.41 Å². The first-order valence-corrected chi connectivity index (χ1v) is 6.89. The van der Waals surface area contributed by atoms with E-state index in [1.54, 1.807) is 6.20 Å². The molecule has 0 aliphatic carbocycles. The van der Waals surface area contributed by atoms with Gasteiger partial charge in [0.1, 0.15) is 0 Å². The molecule has 0 aromatic carbocycles. The summed E-state index contributed by atoms with van der Waals surface area (Å²) in [5.74, 6) is 1.97. The third-order valence-electron chi connectivity index (χ3n) is 3.67. The maximum Gasteiger partial charge on any atom is 0.0843 e. The molecule has 1 saturated heterocycles. The maximum absolute atomic E-state index is 10.8. The van der Waals surface area contributed by atoms with Crippen molar-refractivity contribution < 1.29 is 5.11 Å². The van der Waals surface area contributed by atoms with Crippen molar-refractivity contribution in [3.8, 4) is 0 Å². The van der Waals surface area contributed by atoms with Crippen LogP contribution < -0.4 is 0 Å². The molecule has 0 saturated carbocycles. The Morgan fingerprint density at radius 2 is 2.25 bits per heavy atom. The molecule has 0 radical (unpaired) electrons. The van der Waals surface area contributed by atoms with Crippen molar-refractivity contribution >= 4 is 11.8 Å². The summed E-state index contributed by atoms with van der Waals surface area (Å²) < 4.78 is 0. The molecule has 1 aliphatic rings. The summed E-state index contributed by atoms with van der Waals surface area (Å²) in [7, 11) is 0. The van der Waals surface area contributed by atoms with E-state index in [1.807, 2.05) is 30.0 Å². The van der Waals surface area contributed by atoms with Crippen LogP contribution in [0.1, 0.15) is 26.0 Å². The van der Waals surface area contributed by atoms with E-state index >= 15 is 0 Å². The van der Waals surface area contributed by atoms with Crippen molar-refractivity contribution in [1.82, 2.24) is 4.98 Å². The van der Waals surface area contributed by atoms with E-state index in [0.29, 0.717) is 6.42 Å². The van der Waals surface area contributed by atoms with E-state index in [-0.39, 0.29) is 5.41 Å². The first kappa shape index (κ1) is 11.9. The van der Waals surface area contributed by atoms with Crippen LogP contribution in [0.5, 0.6) is 0 Å². The number of aliphatic hydroxyl groups is 1. The molecule has 1 atom stereocenters. The molecule has 1 aliphatic heterocycles. The fraction of sp³-hybridized carbons (Fsp3) is 0.615. The van der Waals surface area contributed by atoms with Gasteiger partial charge in [-0.15, -0.1) is 0 Å². The van der Waals surface area contributed by atoms with E-state index in [2.05, 4.69) is 18.8 Å². The van der Waals surface area contributed by atoms with Crippen LogP contribution in [-0.4, -0.2) is 27.2 Å². The first-order chi connectivity index (χ1) is 7.54. The van der Waals surface area contributed by atoms with E-state index in [4.69, 9.17) is 0 Å². The Balaban J connectivity index is 2.18. The number of aromatic nitrogens is 1. The summed E-state index contributed by atoms with van der Waals surface area (Å²) in [6, 6.07) is 5.89. The Labute approximate surface area is 101 Å². The van der Waals surface area contributed by atoms with Gasteiger partial charge in [-0.25, -0.2) is 0 Å². The molecule has 0 bridgehead atoms. The second-order valence-electron chi connectivity index (χ2n) is 5.22. The molecule has 1 fully saturated rings. The maximum atomic E-state index is 10.8. The summed E-state index contributed by atoms with van der Waals surface area (Å²) in [5.41, 5.74) is 0.348. The fourth-order valence-electron chi connectivity index (χ4n) is 2.09. The lowest BCUT2D eigenvalue weighted by atomic mass is 9.71. The molecule has 2 nitrogen and oxygen atoms in total. The Bertz CT molecular complexity index is 352. The van der Waals surface area contributed by atoms with Gasteiger partial charge in [-0.1, -0.05) is 19.9 Å². The molecule has 1 aromatic rings. The van der Waals surface area contributed by atoms with Crippen molar-refractivity contribution in [3.63, 3.8) is 0 Å². The van der Waals surface area contributed by atoms with Gasteiger partial charge in [0.05, 0.1) is 5.60 Å². The molecule has 1 unspecified atom stereocenters. The average Bonchev–Trinajstić information content (AvgIpc) is 2.24. The molecule has 1 N–H and O–H groups in total. The quantitative estimate of drug-likeness (QED) is 0.858. The zero-order valence-electron chi connectivity index (χ0n) is 9.94. The highest BCUT2D eigenvalue weighted by Gasteiger charge is 2.45. The summed E-state index contributed by atoms with van der Waals surface area (Å²) in [5, 5.41) is 10.8. The lowest BCUT2D eigenvalue weighted by molar-refractivity contribution is -0.0519. The van der Waals surface area contributed by atoms with E-state index < -0.39 is 5.60 Å². The summed E-state index contributed by atoms with van der Waals surface area (Å²) >= 11 is 1.85. The van der Waals surface area contributed by atoms with Gasteiger partial charge in [-0.3, -0.25) is 4.98 Å². The Kier molecular flexibility index (Phi) is 3.27. The molecule has 1 aromatic heterocycles. The predicted molar refractivity (Wildman–Crippen MR) is 68.6 cm³/mol. The summed E-state index contributed by atoms with van der Waals surface area (Å²) in [6.45, 7) is 4.32. The van der Waals surface area contributed by atoms with Gasteiger partial charge in [0, 0.05) is 24.1 Å². The van der Waals surface area contributed by atoms with Crippen molar-refractivity contribution in [1.29, 1.82) is 0 Å². The lowest BCUT2D eigenvalue weighted by Gasteiger charge is -2.46. The highest BCUT2D eigenvalue weighted by atomic mass is 32.2. The third kappa shape index (κ3) is 2.25. The SMILES string of the molecule is CC1(C)CCSCC1(O)Cc1ccccn1. The molecule has 88 valence electrons. The smallest absolute Gasteiger partial charge is 0.0843 e. The molecular weight excluding hydrogens is 218 g/mol.